The molecule has 8 nitrogen and oxygen atoms in total. The number of fused-ring (bicyclic) bond motifs is 5. The van der Waals surface area contributed by atoms with Gasteiger partial charge in [-0.2, -0.15) is 0 Å². The van der Waals surface area contributed by atoms with Gasteiger partial charge in [-0.1, -0.05) is 0 Å². The molecule has 0 N–H and O–H groups in total. The van der Waals surface area contributed by atoms with Gasteiger partial charge in [-0.15, -0.1) is 0 Å². The second-order valence-electron chi connectivity index (χ2n) is 6.76. The number of rotatable bonds is 5. The van der Waals surface area contributed by atoms with E-state index >= 15 is 0 Å². The summed E-state index contributed by atoms with van der Waals surface area (Å²) < 4.78 is 17.7. The summed E-state index contributed by atoms with van der Waals surface area (Å²) in [6.07, 6.45) is 1.67. The largest absolute Gasteiger partial charge is 0.546 e. The lowest BCUT2D eigenvalue weighted by Gasteiger charge is -2.12. The molecular formula is C22H15N2O6-. The number of carbonyl (C=O) groups excluding carboxylic acids is 1. The van der Waals surface area contributed by atoms with E-state index in [1.807, 2.05) is 6.07 Å². The number of hydrogen-bond donors (Lipinski definition) is 0. The van der Waals surface area contributed by atoms with E-state index in [4.69, 9.17) is 14.2 Å². The van der Waals surface area contributed by atoms with Gasteiger partial charge in [-0.25, -0.2) is 0 Å². The number of nitrogens with zero attached hydrogens (tertiary/aromatic N) is 2. The topological polar surface area (TPSA) is 102 Å². The van der Waals surface area contributed by atoms with Crippen LogP contribution in [0.5, 0.6) is 17.2 Å². The number of carbonyl (C=O) groups is 1. The quantitative estimate of drug-likeness (QED) is 0.412. The summed E-state index contributed by atoms with van der Waals surface area (Å²) in [5.41, 5.74) is 1.72. The second-order valence-corrected chi connectivity index (χ2v) is 6.76. The average Bonchev–Trinajstić information content (AvgIpc) is 3.09. The first-order valence-corrected chi connectivity index (χ1v) is 9.11. The molecule has 0 aliphatic carbocycles. The fourth-order valence-electron chi connectivity index (χ4n) is 4.03. The van der Waals surface area contributed by atoms with Crippen LogP contribution in [-0.2, 0) is 4.79 Å². The molecule has 5 aromatic rings. The summed E-state index contributed by atoms with van der Waals surface area (Å²) in [5.74, 6) is -0.143. The number of methoxy groups -OCH3 is 2. The number of pyridine rings is 2. The third-order valence-electron chi connectivity index (χ3n) is 5.22. The molecule has 3 heterocycles. The molecule has 5 rings (SSSR count). The Morgan fingerprint density at radius 3 is 2.63 bits per heavy atom. The van der Waals surface area contributed by atoms with Crippen molar-refractivity contribution in [1.29, 1.82) is 0 Å². The van der Waals surface area contributed by atoms with Crippen molar-refractivity contribution in [3.05, 3.63) is 52.9 Å². The smallest absolute Gasteiger partial charge is 0.267 e. The molecule has 0 aliphatic rings. The molecule has 0 saturated heterocycles. The molecular weight excluding hydrogens is 388 g/mol. The maximum absolute atomic E-state index is 13.6. The molecule has 0 atom stereocenters. The van der Waals surface area contributed by atoms with Crippen LogP contribution in [0.25, 0.3) is 38.1 Å². The van der Waals surface area contributed by atoms with Crippen LogP contribution >= 0.6 is 0 Å². The van der Waals surface area contributed by atoms with Crippen molar-refractivity contribution in [2.75, 3.05) is 20.8 Å². The molecule has 0 aliphatic heterocycles. The summed E-state index contributed by atoms with van der Waals surface area (Å²) in [7, 11) is 3.00. The number of aliphatic carboxylic acids is 1. The Balaban J connectivity index is 1.95. The highest BCUT2D eigenvalue weighted by Crippen LogP contribution is 2.39. The minimum atomic E-state index is -1.31. The molecule has 0 amide bonds. The van der Waals surface area contributed by atoms with E-state index < -0.39 is 12.6 Å². The SMILES string of the molecule is COc1ccc2c(c1OC)c(=O)n1c3ccc(OCC(=O)[O-])cc3c3ccnc2c31. The van der Waals surface area contributed by atoms with Crippen molar-refractivity contribution in [3.63, 3.8) is 0 Å². The second kappa shape index (κ2) is 6.48. The van der Waals surface area contributed by atoms with E-state index in [1.54, 1.807) is 40.9 Å². The molecule has 0 unspecified atom stereocenters. The van der Waals surface area contributed by atoms with Gasteiger partial charge in [0.25, 0.3) is 5.56 Å². The first-order chi connectivity index (χ1) is 14.5. The minimum Gasteiger partial charge on any atom is -0.546 e. The van der Waals surface area contributed by atoms with Gasteiger partial charge in [-0.05, 0) is 36.4 Å². The molecule has 0 saturated carbocycles. The summed E-state index contributed by atoms with van der Waals surface area (Å²) in [5, 5.41) is 13.3. The van der Waals surface area contributed by atoms with Crippen LogP contribution in [0.3, 0.4) is 0 Å². The van der Waals surface area contributed by atoms with Gasteiger partial charge in [-0.3, -0.25) is 14.2 Å². The maximum Gasteiger partial charge on any atom is 0.267 e. The normalized spacial score (nSPS) is 11.5. The first kappa shape index (κ1) is 18.0. The van der Waals surface area contributed by atoms with Crippen LogP contribution in [0.1, 0.15) is 0 Å². The third kappa shape index (κ3) is 2.37. The number of hydrogen-bond acceptors (Lipinski definition) is 7. The zero-order valence-corrected chi connectivity index (χ0v) is 16.1. The van der Waals surface area contributed by atoms with Crippen molar-refractivity contribution >= 4 is 44.1 Å². The number of benzene rings is 2. The van der Waals surface area contributed by atoms with Gasteiger partial charge >= 0.3 is 0 Å². The predicted molar refractivity (Wildman–Crippen MR) is 109 cm³/mol. The Bertz CT molecular complexity index is 1520. The monoisotopic (exact) mass is 403 g/mol. The molecule has 2 aromatic carbocycles. The summed E-state index contributed by atoms with van der Waals surface area (Å²) in [4.78, 5) is 28.9. The van der Waals surface area contributed by atoms with Crippen LogP contribution < -0.4 is 24.9 Å². The Labute approximate surface area is 169 Å². The van der Waals surface area contributed by atoms with E-state index in [0.717, 1.165) is 10.8 Å². The molecule has 0 spiro atoms. The van der Waals surface area contributed by atoms with Gasteiger partial charge in [0.2, 0.25) is 0 Å². The summed E-state index contributed by atoms with van der Waals surface area (Å²) >= 11 is 0. The maximum atomic E-state index is 13.6. The lowest BCUT2D eigenvalue weighted by molar-refractivity contribution is -0.307. The number of ether oxygens (including phenoxy) is 3. The van der Waals surface area contributed by atoms with Crippen LogP contribution in [-0.4, -0.2) is 36.2 Å². The molecule has 0 fully saturated rings. The first-order valence-electron chi connectivity index (χ1n) is 9.11. The van der Waals surface area contributed by atoms with Crippen LogP contribution in [0.15, 0.2) is 47.4 Å². The Kier molecular flexibility index (Phi) is 3.89. The standard InChI is InChI=1S/C22H16N2O6/c1-28-16-6-4-13-18(21(16)29-2)22(27)24-15-5-3-11(30-10-17(25)26)9-14(15)12-7-8-23-19(13)20(12)24/h3-9H,10H2,1-2H3,(H,25,26)/p-1. The van der Waals surface area contributed by atoms with Crippen molar-refractivity contribution < 1.29 is 24.1 Å². The van der Waals surface area contributed by atoms with Crippen molar-refractivity contribution in [2.24, 2.45) is 0 Å². The Morgan fingerprint density at radius 1 is 1.07 bits per heavy atom. The van der Waals surface area contributed by atoms with Gasteiger partial charge in [0.15, 0.2) is 11.5 Å². The van der Waals surface area contributed by atoms with E-state index in [0.29, 0.717) is 44.6 Å². The summed E-state index contributed by atoms with van der Waals surface area (Å²) in [6, 6.07) is 10.4. The number of carboxylic acids is 1. The molecule has 30 heavy (non-hydrogen) atoms. The fraction of sp³-hybridized carbons (Fsp3) is 0.136. The predicted octanol–water partition coefficient (Wildman–Crippen LogP) is 1.74. The lowest BCUT2D eigenvalue weighted by Crippen LogP contribution is -2.28. The van der Waals surface area contributed by atoms with Gasteiger partial charge in [0, 0.05) is 22.4 Å². The third-order valence-corrected chi connectivity index (χ3v) is 5.22. The van der Waals surface area contributed by atoms with E-state index in [2.05, 4.69) is 4.98 Å². The zero-order valence-electron chi connectivity index (χ0n) is 16.1. The van der Waals surface area contributed by atoms with Gasteiger partial charge in [0.05, 0.1) is 42.1 Å². The van der Waals surface area contributed by atoms with Gasteiger partial charge < -0.3 is 24.1 Å². The lowest BCUT2D eigenvalue weighted by atomic mass is 10.1. The highest BCUT2D eigenvalue weighted by atomic mass is 16.5. The van der Waals surface area contributed by atoms with E-state index in [-0.39, 0.29) is 5.56 Å². The van der Waals surface area contributed by atoms with Crippen molar-refractivity contribution in [3.8, 4) is 17.2 Å². The number of carboxylic acid groups (broad SMARTS) is 1. The number of aromatic nitrogens is 2. The zero-order chi connectivity index (χ0) is 21.0. The van der Waals surface area contributed by atoms with E-state index in [9.17, 15) is 14.7 Å². The van der Waals surface area contributed by atoms with Crippen molar-refractivity contribution in [1.82, 2.24) is 9.38 Å². The molecule has 150 valence electrons. The fourth-order valence-corrected chi connectivity index (χ4v) is 4.03. The minimum absolute atomic E-state index is 0.260. The average molecular weight is 403 g/mol. The molecule has 0 radical (unpaired) electrons. The highest BCUT2D eigenvalue weighted by molar-refractivity contribution is 6.19. The van der Waals surface area contributed by atoms with E-state index in [1.165, 1.54) is 14.2 Å². The van der Waals surface area contributed by atoms with Gasteiger partial charge in [0.1, 0.15) is 12.4 Å². The van der Waals surface area contributed by atoms with Crippen molar-refractivity contribution in [2.45, 2.75) is 0 Å². The highest BCUT2D eigenvalue weighted by Gasteiger charge is 2.22. The van der Waals surface area contributed by atoms with Crippen LogP contribution in [0, 0.1) is 0 Å². The summed E-state index contributed by atoms with van der Waals surface area (Å²) in [6.45, 7) is -0.557. The Hall–Kier alpha value is -4.07. The van der Waals surface area contributed by atoms with Crippen LogP contribution in [0.4, 0.5) is 0 Å². The molecule has 8 heteroatoms. The van der Waals surface area contributed by atoms with Crippen LogP contribution in [0.2, 0.25) is 0 Å². The molecule has 0 bridgehead atoms. The molecule has 3 aromatic heterocycles. The Morgan fingerprint density at radius 2 is 1.90 bits per heavy atom.